The van der Waals surface area contributed by atoms with E-state index in [1.807, 2.05) is 78.5 Å². The largest absolute Gasteiger partial charge is 0.346 e. The van der Waals surface area contributed by atoms with Crippen LogP contribution in [-0.4, -0.2) is 20.7 Å². The van der Waals surface area contributed by atoms with Crippen LogP contribution in [0.25, 0.3) is 22.2 Å². The van der Waals surface area contributed by atoms with Crippen LogP contribution in [-0.2, 0) is 13.6 Å². The smallest absolute Gasteiger partial charge is 0.252 e. The van der Waals surface area contributed by atoms with Crippen LogP contribution >= 0.6 is 0 Å². The Bertz CT molecular complexity index is 1190. The first kappa shape index (κ1) is 17.6. The summed E-state index contributed by atoms with van der Waals surface area (Å²) in [6.45, 7) is 0.421. The Kier molecular flexibility index (Phi) is 4.35. The third-order valence-electron chi connectivity index (χ3n) is 5.45. The van der Waals surface area contributed by atoms with E-state index in [1.54, 1.807) is 0 Å². The molecule has 1 saturated carbocycles. The van der Waals surface area contributed by atoms with E-state index in [-0.39, 0.29) is 5.91 Å². The zero-order valence-corrected chi connectivity index (χ0v) is 16.3. The number of nitrogens with zero attached hydrogens (tertiary/aromatic N) is 3. The van der Waals surface area contributed by atoms with Crippen molar-refractivity contribution in [3.05, 3.63) is 83.7 Å². The summed E-state index contributed by atoms with van der Waals surface area (Å²) < 4.78 is 1.82. The molecule has 0 radical (unpaired) electrons. The molecule has 29 heavy (non-hydrogen) atoms. The Morgan fingerprint density at radius 3 is 2.62 bits per heavy atom. The van der Waals surface area contributed by atoms with Crippen molar-refractivity contribution < 1.29 is 4.79 Å². The van der Waals surface area contributed by atoms with Gasteiger partial charge in [0, 0.05) is 29.6 Å². The third-order valence-corrected chi connectivity index (χ3v) is 5.45. The van der Waals surface area contributed by atoms with E-state index < -0.39 is 0 Å². The molecule has 1 amide bonds. The van der Waals surface area contributed by atoms with Gasteiger partial charge in [-0.3, -0.25) is 14.5 Å². The second-order valence-electron chi connectivity index (χ2n) is 7.58. The van der Waals surface area contributed by atoms with E-state index >= 15 is 0 Å². The van der Waals surface area contributed by atoms with E-state index in [0.717, 1.165) is 46.4 Å². The van der Waals surface area contributed by atoms with Crippen LogP contribution in [0.1, 0.15) is 40.5 Å². The molecule has 0 saturated heterocycles. The van der Waals surface area contributed by atoms with Crippen LogP contribution in [0.15, 0.2) is 66.7 Å². The van der Waals surface area contributed by atoms with Gasteiger partial charge >= 0.3 is 0 Å². The lowest BCUT2D eigenvalue weighted by atomic mass is 10.1. The van der Waals surface area contributed by atoms with E-state index in [0.29, 0.717) is 18.0 Å². The van der Waals surface area contributed by atoms with Crippen molar-refractivity contribution in [2.24, 2.45) is 7.05 Å². The number of rotatable bonds is 5. The van der Waals surface area contributed by atoms with E-state index in [2.05, 4.69) is 10.4 Å². The Morgan fingerprint density at radius 2 is 1.83 bits per heavy atom. The van der Waals surface area contributed by atoms with Crippen LogP contribution in [0.3, 0.4) is 0 Å². The minimum atomic E-state index is -0.0760. The van der Waals surface area contributed by atoms with Crippen molar-refractivity contribution in [2.75, 3.05) is 0 Å². The maximum atomic E-state index is 13.0. The molecule has 2 heterocycles. The van der Waals surface area contributed by atoms with Gasteiger partial charge in [-0.25, -0.2) is 0 Å². The summed E-state index contributed by atoms with van der Waals surface area (Å²) in [6, 6.07) is 21.9. The van der Waals surface area contributed by atoms with Crippen molar-refractivity contribution in [3.63, 3.8) is 0 Å². The topological polar surface area (TPSA) is 59.8 Å². The molecule has 2 aromatic carbocycles. The number of nitrogens with one attached hydrogen (secondary N) is 1. The number of carbonyl (C=O) groups excluding carboxylic acids is 1. The van der Waals surface area contributed by atoms with Gasteiger partial charge in [-0.2, -0.15) is 5.10 Å². The molecule has 1 fully saturated rings. The highest BCUT2D eigenvalue weighted by atomic mass is 16.1. The molecule has 5 nitrogen and oxygen atoms in total. The van der Waals surface area contributed by atoms with Gasteiger partial charge in [0.1, 0.15) is 0 Å². The van der Waals surface area contributed by atoms with Gasteiger partial charge in [0.25, 0.3) is 5.91 Å². The molecule has 1 aliphatic carbocycles. The fraction of sp³-hybridized carbons (Fsp3) is 0.208. The highest BCUT2D eigenvalue weighted by molar-refractivity contribution is 6.06. The molecule has 1 N–H and O–H groups in total. The van der Waals surface area contributed by atoms with Crippen LogP contribution in [0.4, 0.5) is 0 Å². The second kappa shape index (κ2) is 7.17. The number of pyridine rings is 1. The van der Waals surface area contributed by atoms with Crippen molar-refractivity contribution >= 4 is 16.8 Å². The number of hydrogen-bond acceptors (Lipinski definition) is 3. The summed E-state index contributed by atoms with van der Waals surface area (Å²) in [7, 11) is 1.90. The predicted molar refractivity (Wildman–Crippen MR) is 114 cm³/mol. The number of hydrogen-bond donors (Lipinski definition) is 1. The first-order valence-corrected chi connectivity index (χ1v) is 9.95. The molecule has 0 aliphatic heterocycles. The zero-order chi connectivity index (χ0) is 19.8. The van der Waals surface area contributed by atoms with Crippen LogP contribution in [0.2, 0.25) is 0 Å². The SMILES string of the molecule is Cn1nc(-c2ccccc2)cc1CNC(=O)c1cc(C2CC2)nc2ccccc12. The molecule has 5 heteroatoms. The molecule has 2 aromatic heterocycles. The molecule has 0 bridgehead atoms. The number of benzene rings is 2. The van der Waals surface area contributed by atoms with Gasteiger partial charge in [0.05, 0.1) is 29.0 Å². The average molecular weight is 382 g/mol. The molecular weight excluding hydrogens is 360 g/mol. The Hall–Kier alpha value is -3.47. The molecule has 4 aromatic rings. The number of para-hydroxylation sites is 1. The first-order valence-electron chi connectivity index (χ1n) is 9.95. The van der Waals surface area contributed by atoms with Gasteiger partial charge < -0.3 is 5.32 Å². The molecule has 0 spiro atoms. The Morgan fingerprint density at radius 1 is 1.07 bits per heavy atom. The fourth-order valence-electron chi connectivity index (χ4n) is 3.66. The lowest BCUT2D eigenvalue weighted by Gasteiger charge is -2.10. The van der Waals surface area contributed by atoms with Gasteiger partial charge in [0.2, 0.25) is 0 Å². The molecule has 144 valence electrons. The van der Waals surface area contributed by atoms with Gasteiger partial charge in [0.15, 0.2) is 0 Å². The van der Waals surface area contributed by atoms with Gasteiger partial charge in [-0.05, 0) is 31.0 Å². The average Bonchev–Trinajstić information content (AvgIpc) is 3.54. The molecule has 1 aliphatic rings. The van der Waals surface area contributed by atoms with Crippen LogP contribution in [0.5, 0.6) is 0 Å². The summed E-state index contributed by atoms with van der Waals surface area (Å²) in [5.74, 6) is 0.421. The molecular formula is C24H22N4O. The number of carbonyl (C=O) groups is 1. The standard InChI is InChI=1S/C24H22N4O/c1-28-18(13-23(27-28)16-7-3-2-4-8-16)15-25-24(29)20-14-22(17-11-12-17)26-21-10-6-5-9-19(20)21/h2-10,13-14,17H,11-12,15H2,1H3,(H,25,29). The second-order valence-corrected chi connectivity index (χ2v) is 7.58. The minimum absolute atomic E-state index is 0.0760. The quantitative estimate of drug-likeness (QED) is 0.555. The monoisotopic (exact) mass is 382 g/mol. The third kappa shape index (κ3) is 3.51. The minimum Gasteiger partial charge on any atom is -0.346 e. The van der Waals surface area contributed by atoms with E-state index in [4.69, 9.17) is 4.98 Å². The normalized spacial score (nSPS) is 13.6. The lowest BCUT2D eigenvalue weighted by Crippen LogP contribution is -2.24. The fourth-order valence-corrected chi connectivity index (χ4v) is 3.66. The van der Waals surface area contributed by atoms with Crippen molar-refractivity contribution in [3.8, 4) is 11.3 Å². The number of aryl methyl sites for hydroxylation is 1. The first-order chi connectivity index (χ1) is 14.2. The van der Waals surface area contributed by atoms with Crippen LogP contribution < -0.4 is 5.32 Å². The summed E-state index contributed by atoms with van der Waals surface area (Å²) in [5.41, 5.74) is 5.54. The molecule has 0 atom stereocenters. The summed E-state index contributed by atoms with van der Waals surface area (Å²) in [4.78, 5) is 17.8. The number of amides is 1. The van der Waals surface area contributed by atoms with Crippen molar-refractivity contribution in [2.45, 2.75) is 25.3 Å². The summed E-state index contributed by atoms with van der Waals surface area (Å²) >= 11 is 0. The highest BCUT2D eigenvalue weighted by Gasteiger charge is 2.27. The Balaban J connectivity index is 1.40. The summed E-state index contributed by atoms with van der Waals surface area (Å²) in [6.07, 6.45) is 2.31. The van der Waals surface area contributed by atoms with E-state index in [9.17, 15) is 4.79 Å². The van der Waals surface area contributed by atoms with Gasteiger partial charge in [-0.15, -0.1) is 0 Å². The molecule has 5 rings (SSSR count). The number of fused-ring (bicyclic) bond motifs is 1. The zero-order valence-electron chi connectivity index (χ0n) is 16.3. The summed E-state index contributed by atoms with van der Waals surface area (Å²) in [5, 5.41) is 8.55. The van der Waals surface area contributed by atoms with E-state index in [1.165, 1.54) is 0 Å². The number of aromatic nitrogens is 3. The highest BCUT2D eigenvalue weighted by Crippen LogP contribution is 2.40. The predicted octanol–water partition coefficient (Wildman–Crippen LogP) is 4.44. The lowest BCUT2D eigenvalue weighted by molar-refractivity contribution is 0.0951. The van der Waals surface area contributed by atoms with Crippen molar-refractivity contribution in [1.29, 1.82) is 0 Å². The van der Waals surface area contributed by atoms with Crippen LogP contribution in [0, 0.1) is 0 Å². The Labute approximate surface area is 169 Å². The maximum Gasteiger partial charge on any atom is 0.252 e. The molecule has 0 unspecified atom stereocenters. The van der Waals surface area contributed by atoms with Crippen molar-refractivity contribution in [1.82, 2.24) is 20.1 Å². The van der Waals surface area contributed by atoms with Gasteiger partial charge in [-0.1, -0.05) is 48.5 Å². The maximum absolute atomic E-state index is 13.0.